The van der Waals surface area contributed by atoms with Crippen LogP contribution < -0.4 is 10.3 Å². The Morgan fingerprint density at radius 1 is 1.09 bits per heavy atom. The van der Waals surface area contributed by atoms with Crippen LogP contribution in [0.3, 0.4) is 0 Å². The first-order chi connectivity index (χ1) is 10.6. The number of hydrogen-bond donors (Lipinski definition) is 2. The van der Waals surface area contributed by atoms with Crippen LogP contribution in [-0.4, -0.2) is 17.2 Å². The first-order valence-corrected chi connectivity index (χ1v) is 7.08. The number of nitrogens with one attached hydrogen (secondary N) is 1. The van der Waals surface area contributed by atoms with Gasteiger partial charge in [-0.1, -0.05) is 24.3 Å². The lowest BCUT2D eigenvalue weighted by molar-refractivity contribution is 0.200. The lowest BCUT2D eigenvalue weighted by Gasteiger charge is -2.14. The van der Waals surface area contributed by atoms with Gasteiger partial charge in [-0.05, 0) is 41.6 Å². The molecule has 0 saturated heterocycles. The Morgan fingerprint density at radius 3 is 2.59 bits per heavy atom. The second-order valence-corrected chi connectivity index (χ2v) is 5.21. The minimum absolute atomic E-state index is 0.160. The summed E-state index contributed by atoms with van der Waals surface area (Å²) in [5.41, 5.74) is 2.46. The van der Waals surface area contributed by atoms with E-state index in [-0.39, 0.29) is 5.56 Å². The molecule has 0 fully saturated rings. The molecule has 2 aromatic carbocycles. The number of methoxy groups -OCH3 is 1. The largest absolute Gasteiger partial charge is 0.497 e. The first kappa shape index (κ1) is 14.4. The molecule has 112 valence electrons. The molecule has 1 heterocycles. The fourth-order valence-corrected chi connectivity index (χ4v) is 2.70. The lowest BCUT2D eigenvalue weighted by Crippen LogP contribution is -2.07. The number of pyridine rings is 1. The van der Waals surface area contributed by atoms with Crippen LogP contribution in [-0.2, 0) is 0 Å². The van der Waals surface area contributed by atoms with E-state index in [2.05, 4.69) is 4.98 Å². The number of aliphatic hydroxyl groups is 1. The zero-order valence-electron chi connectivity index (χ0n) is 12.5. The van der Waals surface area contributed by atoms with E-state index >= 15 is 0 Å². The Hall–Kier alpha value is -2.59. The summed E-state index contributed by atoms with van der Waals surface area (Å²) >= 11 is 0. The van der Waals surface area contributed by atoms with Crippen molar-refractivity contribution in [1.29, 1.82) is 0 Å². The van der Waals surface area contributed by atoms with Crippen LogP contribution in [0.15, 0.2) is 53.5 Å². The second-order valence-electron chi connectivity index (χ2n) is 5.21. The fourth-order valence-electron chi connectivity index (χ4n) is 2.70. The number of benzene rings is 2. The van der Waals surface area contributed by atoms with Crippen molar-refractivity contribution in [1.82, 2.24) is 4.98 Å². The SMILES string of the molecule is COc1ccc2c(-c3ccccc3C(C)O)c[nH]c(=O)c2c1. The third-order valence-electron chi connectivity index (χ3n) is 3.81. The Labute approximate surface area is 128 Å². The third-order valence-corrected chi connectivity index (χ3v) is 3.81. The lowest BCUT2D eigenvalue weighted by atomic mass is 9.94. The summed E-state index contributed by atoms with van der Waals surface area (Å²) in [7, 11) is 1.57. The third kappa shape index (κ3) is 2.38. The molecule has 4 heteroatoms. The van der Waals surface area contributed by atoms with Crippen LogP contribution in [0.2, 0.25) is 0 Å². The summed E-state index contributed by atoms with van der Waals surface area (Å²) in [5.74, 6) is 0.638. The molecule has 0 aliphatic carbocycles. The molecule has 1 unspecified atom stereocenters. The molecule has 2 N–H and O–H groups in total. The van der Waals surface area contributed by atoms with E-state index in [9.17, 15) is 9.90 Å². The maximum absolute atomic E-state index is 12.1. The van der Waals surface area contributed by atoms with E-state index in [0.717, 1.165) is 22.1 Å². The topological polar surface area (TPSA) is 62.3 Å². The molecule has 3 rings (SSSR count). The van der Waals surface area contributed by atoms with Crippen molar-refractivity contribution in [2.45, 2.75) is 13.0 Å². The molecule has 0 radical (unpaired) electrons. The Bertz CT molecular complexity index is 881. The quantitative estimate of drug-likeness (QED) is 0.779. The number of H-pyrrole nitrogens is 1. The average Bonchev–Trinajstić information content (AvgIpc) is 2.55. The normalized spacial score (nSPS) is 12.3. The minimum Gasteiger partial charge on any atom is -0.497 e. The van der Waals surface area contributed by atoms with Gasteiger partial charge in [0.25, 0.3) is 5.56 Å². The van der Waals surface area contributed by atoms with Gasteiger partial charge in [-0.15, -0.1) is 0 Å². The molecule has 0 spiro atoms. The van der Waals surface area contributed by atoms with E-state index in [1.165, 1.54) is 0 Å². The number of aliphatic hydroxyl groups excluding tert-OH is 1. The summed E-state index contributed by atoms with van der Waals surface area (Å²) in [6, 6.07) is 13.1. The molecule has 1 atom stereocenters. The smallest absolute Gasteiger partial charge is 0.255 e. The van der Waals surface area contributed by atoms with Crippen LogP contribution in [0, 0.1) is 0 Å². The highest BCUT2D eigenvalue weighted by Crippen LogP contribution is 2.33. The zero-order chi connectivity index (χ0) is 15.7. The Morgan fingerprint density at radius 2 is 1.86 bits per heavy atom. The van der Waals surface area contributed by atoms with Crippen molar-refractivity contribution in [3.63, 3.8) is 0 Å². The highest BCUT2D eigenvalue weighted by Gasteiger charge is 2.13. The van der Waals surface area contributed by atoms with Gasteiger partial charge in [-0.2, -0.15) is 0 Å². The standard InChI is InChI=1S/C18H17NO3/c1-11(20)13-5-3-4-6-14(13)17-10-19-18(21)16-9-12(22-2)7-8-15(16)17/h3-11,20H,1-2H3,(H,19,21). The van der Waals surface area contributed by atoms with Gasteiger partial charge < -0.3 is 14.8 Å². The van der Waals surface area contributed by atoms with Crippen LogP contribution in [0.1, 0.15) is 18.6 Å². The minimum atomic E-state index is -0.587. The molecule has 0 amide bonds. The van der Waals surface area contributed by atoms with E-state index in [4.69, 9.17) is 4.74 Å². The van der Waals surface area contributed by atoms with Gasteiger partial charge in [0.1, 0.15) is 5.75 Å². The number of fused-ring (bicyclic) bond motifs is 1. The Kier molecular flexibility index (Phi) is 3.69. The number of aromatic nitrogens is 1. The van der Waals surface area contributed by atoms with E-state index in [1.54, 1.807) is 26.3 Å². The molecule has 0 saturated carbocycles. The molecular formula is C18H17NO3. The molecule has 0 bridgehead atoms. The number of ether oxygens (including phenoxy) is 1. The molecule has 4 nitrogen and oxygen atoms in total. The van der Waals surface area contributed by atoms with E-state index in [0.29, 0.717) is 11.1 Å². The van der Waals surface area contributed by atoms with E-state index in [1.807, 2.05) is 36.4 Å². The average molecular weight is 295 g/mol. The summed E-state index contributed by atoms with van der Waals surface area (Å²) in [4.78, 5) is 14.9. The van der Waals surface area contributed by atoms with Gasteiger partial charge in [0.2, 0.25) is 0 Å². The van der Waals surface area contributed by atoms with E-state index < -0.39 is 6.10 Å². The molecule has 1 aromatic heterocycles. The number of aromatic amines is 1. The Balaban J connectivity index is 2.33. The summed E-state index contributed by atoms with van der Waals surface area (Å²) in [5, 5.41) is 11.4. The summed E-state index contributed by atoms with van der Waals surface area (Å²) < 4.78 is 5.19. The van der Waals surface area contributed by atoms with Crippen LogP contribution in [0.25, 0.3) is 21.9 Å². The van der Waals surface area contributed by atoms with Gasteiger partial charge >= 0.3 is 0 Å². The van der Waals surface area contributed by atoms with Crippen LogP contribution >= 0.6 is 0 Å². The predicted molar refractivity (Wildman–Crippen MR) is 87.2 cm³/mol. The fraction of sp³-hybridized carbons (Fsp3) is 0.167. The number of rotatable bonds is 3. The maximum Gasteiger partial charge on any atom is 0.255 e. The van der Waals surface area contributed by atoms with Crippen LogP contribution in [0.4, 0.5) is 0 Å². The molecule has 0 aliphatic rings. The maximum atomic E-state index is 12.1. The van der Waals surface area contributed by atoms with Gasteiger partial charge in [-0.25, -0.2) is 0 Å². The monoisotopic (exact) mass is 295 g/mol. The van der Waals surface area contributed by atoms with Crippen molar-refractivity contribution in [2.75, 3.05) is 7.11 Å². The van der Waals surface area contributed by atoms with Crippen LogP contribution in [0.5, 0.6) is 5.75 Å². The zero-order valence-corrected chi connectivity index (χ0v) is 12.5. The summed E-state index contributed by atoms with van der Waals surface area (Å²) in [6.07, 6.45) is 1.11. The van der Waals surface area contributed by atoms with Gasteiger partial charge in [0.15, 0.2) is 0 Å². The highest BCUT2D eigenvalue weighted by molar-refractivity contribution is 5.97. The highest BCUT2D eigenvalue weighted by atomic mass is 16.5. The molecular weight excluding hydrogens is 278 g/mol. The van der Waals surface area contributed by atoms with Gasteiger partial charge in [0, 0.05) is 11.8 Å². The van der Waals surface area contributed by atoms with Gasteiger partial charge in [0.05, 0.1) is 18.6 Å². The molecule has 22 heavy (non-hydrogen) atoms. The molecule has 3 aromatic rings. The van der Waals surface area contributed by atoms with Crippen molar-refractivity contribution < 1.29 is 9.84 Å². The number of hydrogen-bond acceptors (Lipinski definition) is 3. The van der Waals surface area contributed by atoms with Crippen molar-refractivity contribution in [3.05, 3.63) is 64.6 Å². The predicted octanol–water partition coefficient (Wildman–Crippen LogP) is 3.26. The second kappa shape index (κ2) is 5.66. The van der Waals surface area contributed by atoms with Gasteiger partial charge in [-0.3, -0.25) is 4.79 Å². The van der Waals surface area contributed by atoms with Crippen molar-refractivity contribution in [2.24, 2.45) is 0 Å². The van der Waals surface area contributed by atoms with Crippen molar-refractivity contribution in [3.8, 4) is 16.9 Å². The van der Waals surface area contributed by atoms with Crippen molar-refractivity contribution >= 4 is 10.8 Å². The summed E-state index contributed by atoms with van der Waals surface area (Å²) in [6.45, 7) is 1.73. The molecule has 0 aliphatic heterocycles. The first-order valence-electron chi connectivity index (χ1n) is 7.08.